The molecule has 0 aliphatic carbocycles. The Morgan fingerprint density at radius 3 is 2.00 bits per heavy atom. The van der Waals surface area contributed by atoms with Gasteiger partial charge < -0.3 is 4.90 Å². The van der Waals surface area contributed by atoms with Crippen LogP contribution in [0.2, 0.25) is 0 Å². The smallest absolute Gasteiger partial charge is 0.149 e. The SMILES string of the molecule is CN(CC(C)(C)C)c1c(F)cc(CCl)cc1F. The van der Waals surface area contributed by atoms with Crippen LogP contribution in [0, 0.1) is 17.0 Å². The maximum absolute atomic E-state index is 13.8. The van der Waals surface area contributed by atoms with Crippen LogP contribution in [-0.2, 0) is 5.88 Å². The van der Waals surface area contributed by atoms with Crippen molar-refractivity contribution in [3.8, 4) is 0 Å². The monoisotopic (exact) mass is 261 g/mol. The predicted octanol–water partition coefficient (Wildman–Crippen LogP) is 4.19. The van der Waals surface area contributed by atoms with Gasteiger partial charge in [-0.2, -0.15) is 0 Å². The third kappa shape index (κ3) is 3.84. The summed E-state index contributed by atoms with van der Waals surface area (Å²) in [6.07, 6.45) is 0. The van der Waals surface area contributed by atoms with Crippen LogP contribution in [0.5, 0.6) is 0 Å². The molecule has 0 atom stereocenters. The van der Waals surface area contributed by atoms with E-state index in [4.69, 9.17) is 11.6 Å². The number of hydrogen-bond acceptors (Lipinski definition) is 1. The number of nitrogens with zero attached hydrogens (tertiary/aromatic N) is 1. The number of hydrogen-bond donors (Lipinski definition) is 0. The number of rotatable bonds is 3. The molecule has 1 aromatic rings. The van der Waals surface area contributed by atoms with Crippen molar-refractivity contribution in [2.24, 2.45) is 5.41 Å². The lowest BCUT2D eigenvalue weighted by Crippen LogP contribution is -2.30. The summed E-state index contributed by atoms with van der Waals surface area (Å²) in [6, 6.07) is 2.56. The summed E-state index contributed by atoms with van der Waals surface area (Å²) in [5.74, 6) is -1.02. The molecule has 0 aromatic heterocycles. The van der Waals surface area contributed by atoms with Gasteiger partial charge in [-0.15, -0.1) is 11.6 Å². The summed E-state index contributed by atoms with van der Waals surface area (Å²) in [5, 5.41) is 0. The van der Waals surface area contributed by atoms with Gasteiger partial charge in [0.2, 0.25) is 0 Å². The van der Waals surface area contributed by atoms with E-state index < -0.39 is 11.6 Å². The van der Waals surface area contributed by atoms with E-state index in [9.17, 15) is 8.78 Å². The Morgan fingerprint density at radius 2 is 1.65 bits per heavy atom. The third-order valence-electron chi connectivity index (χ3n) is 2.32. The van der Waals surface area contributed by atoms with Crippen molar-refractivity contribution in [2.75, 3.05) is 18.5 Å². The molecule has 0 fully saturated rings. The molecule has 1 nitrogen and oxygen atoms in total. The number of anilines is 1. The zero-order chi connectivity index (χ0) is 13.2. The lowest BCUT2D eigenvalue weighted by molar-refractivity contribution is 0.414. The summed E-state index contributed by atoms with van der Waals surface area (Å²) in [7, 11) is 1.69. The molecule has 4 heteroatoms. The molecule has 0 amide bonds. The highest BCUT2D eigenvalue weighted by molar-refractivity contribution is 6.17. The van der Waals surface area contributed by atoms with Crippen LogP contribution in [-0.4, -0.2) is 13.6 Å². The van der Waals surface area contributed by atoms with Gasteiger partial charge in [-0.1, -0.05) is 20.8 Å². The molecular weight excluding hydrogens is 244 g/mol. The molecule has 1 rings (SSSR count). The van der Waals surface area contributed by atoms with E-state index >= 15 is 0 Å². The second kappa shape index (κ2) is 5.21. The quantitative estimate of drug-likeness (QED) is 0.738. The Kier molecular flexibility index (Phi) is 4.36. The van der Waals surface area contributed by atoms with E-state index in [1.165, 1.54) is 12.1 Å². The Balaban J connectivity index is 3.06. The maximum Gasteiger partial charge on any atom is 0.149 e. The lowest BCUT2D eigenvalue weighted by atomic mass is 9.96. The van der Waals surface area contributed by atoms with Gasteiger partial charge in [0.15, 0.2) is 0 Å². The van der Waals surface area contributed by atoms with Crippen LogP contribution in [0.3, 0.4) is 0 Å². The van der Waals surface area contributed by atoms with Gasteiger partial charge in [-0.05, 0) is 23.1 Å². The van der Waals surface area contributed by atoms with Crippen molar-refractivity contribution in [2.45, 2.75) is 26.7 Å². The maximum atomic E-state index is 13.8. The van der Waals surface area contributed by atoms with E-state index in [1.54, 1.807) is 11.9 Å². The molecule has 0 spiro atoms. The van der Waals surface area contributed by atoms with Crippen molar-refractivity contribution in [1.29, 1.82) is 0 Å². The van der Waals surface area contributed by atoms with Crippen LogP contribution in [0.4, 0.5) is 14.5 Å². The molecule has 1 aromatic carbocycles. The zero-order valence-corrected chi connectivity index (χ0v) is 11.4. The first-order valence-corrected chi connectivity index (χ1v) is 6.03. The Bertz CT molecular complexity index is 376. The summed E-state index contributed by atoms with van der Waals surface area (Å²) in [5.41, 5.74) is 0.432. The van der Waals surface area contributed by atoms with E-state index in [-0.39, 0.29) is 17.0 Å². The van der Waals surface area contributed by atoms with Crippen LogP contribution in [0.15, 0.2) is 12.1 Å². The fourth-order valence-corrected chi connectivity index (χ4v) is 2.00. The first-order valence-electron chi connectivity index (χ1n) is 5.49. The predicted molar refractivity (Wildman–Crippen MR) is 68.6 cm³/mol. The molecule has 0 heterocycles. The van der Waals surface area contributed by atoms with Crippen molar-refractivity contribution in [1.82, 2.24) is 0 Å². The molecule has 0 unspecified atom stereocenters. The van der Waals surface area contributed by atoms with Crippen molar-refractivity contribution >= 4 is 17.3 Å². The fraction of sp³-hybridized carbons (Fsp3) is 0.538. The van der Waals surface area contributed by atoms with Gasteiger partial charge in [-0.3, -0.25) is 0 Å². The van der Waals surface area contributed by atoms with Gasteiger partial charge in [0.05, 0.1) is 0 Å². The molecule has 96 valence electrons. The summed E-state index contributed by atoms with van der Waals surface area (Å²) >= 11 is 5.56. The average Bonchev–Trinajstić information content (AvgIpc) is 2.13. The normalized spacial score (nSPS) is 11.7. The topological polar surface area (TPSA) is 3.24 Å². The van der Waals surface area contributed by atoms with Crippen LogP contribution in [0.1, 0.15) is 26.3 Å². The minimum atomic E-state index is -0.563. The largest absolute Gasteiger partial charge is 0.369 e. The number of benzene rings is 1. The van der Waals surface area contributed by atoms with Gasteiger partial charge >= 0.3 is 0 Å². The van der Waals surface area contributed by atoms with Crippen LogP contribution < -0.4 is 4.90 Å². The summed E-state index contributed by atoms with van der Waals surface area (Å²) in [4.78, 5) is 1.60. The molecule has 0 N–H and O–H groups in total. The van der Waals surface area contributed by atoms with Crippen LogP contribution in [0.25, 0.3) is 0 Å². The van der Waals surface area contributed by atoms with Gasteiger partial charge in [0.25, 0.3) is 0 Å². The van der Waals surface area contributed by atoms with Gasteiger partial charge in [-0.25, -0.2) is 8.78 Å². The first-order chi connectivity index (χ1) is 7.74. The average molecular weight is 262 g/mol. The molecule has 0 saturated heterocycles. The Morgan fingerprint density at radius 1 is 1.18 bits per heavy atom. The fourth-order valence-electron chi connectivity index (χ4n) is 1.85. The van der Waals surface area contributed by atoms with E-state index in [0.717, 1.165) is 0 Å². The zero-order valence-electron chi connectivity index (χ0n) is 10.7. The molecule has 0 aliphatic heterocycles. The van der Waals surface area contributed by atoms with E-state index in [2.05, 4.69) is 0 Å². The minimum Gasteiger partial charge on any atom is -0.369 e. The highest BCUT2D eigenvalue weighted by Crippen LogP contribution is 2.27. The van der Waals surface area contributed by atoms with Crippen LogP contribution >= 0.6 is 11.6 Å². The lowest BCUT2D eigenvalue weighted by Gasteiger charge is -2.28. The molecule has 0 aliphatic rings. The first kappa shape index (κ1) is 14.2. The number of halogens is 3. The minimum absolute atomic E-state index is 0.00814. The summed E-state index contributed by atoms with van der Waals surface area (Å²) in [6.45, 7) is 6.63. The molecule has 17 heavy (non-hydrogen) atoms. The van der Waals surface area contributed by atoms with E-state index in [1.807, 2.05) is 20.8 Å². The highest BCUT2D eigenvalue weighted by atomic mass is 35.5. The second-order valence-electron chi connectivity index (χ2n) is 5.46. The van der Waals surface area contributed by atoms with E-state index in [0.29, 0.717) is 12.1 Å². The third-order valence-corrected chi connectivity index (χ3v) is 2.63. The molecular formula is C13H18ClF2N. The Labute approximate surface area is 106 Å². The molecule has 0 radical (unpaired) electrons. The summed E-state index contributed by atoms with van der Waals surface area (Å²) < 4.78 is 27.6. The van der Waals surface area contributed by atoms with Gasteiger partial charge in [0.1, 0.15) is 17.3 Å². The Hall–Kier alpha value is -0.830. The van der Waals surface area contributed by atoms with Crippen molar-refractivity contribution < 1.29 is 8.78 Å². The molecule has 0 saturated carbocycles. The highest BCUT2D eigenvalue weighted by Gasteiger charge is 2.20. The van der Waals surface area contributed by atoms with Crippen molar-refractivity contribution in [3.63, 3.8) is 0 Å². The van der Waals surface area contributed by atoms with Gasteiger partial charge in [0, 0.05) is 19.5 Å². The molecule has 0 bridgehead atoms. The standard InChI is InChI=1S/C13H18ClF2N/c1-13(2,3)8-17(4)12-10(15)5-9(7-14)6-11(12)16/h5-6H,7-8H2,1-4H3. The number of alkyl halides is 1. The van der Waals surface area contributed by atoms with Crippen molar-refractivity contribution in [3.05, 3.63) is 29.3 Å². The second-order valence-corrected chi connectivity index (χ2v) is 5.73.